The van der Waals surface area contributed by atoms with E-state index in [9.17, 15) is 9.18 Å². The van der Waals surface area contributed by atoms with Gasteiger partial charge in [-0.1, -0.05) is 54.6 Å². The van der Waals surface area contributed by atoms with Crippen LogP contribution in [-0.4, -0.2) is 21.3 Å². The molecule has 3 aromatic carbocycles. The topological polar surface area (TPSA) is 66.0 Å². The van der Waals surface area contributed by atoms with E-state index in [1.54, 1.807) is 6.08 Å². The van der Waals surface area contributed by atoms with Crippen molar-refractivity contribution < 1.29 is 14.3 Å². The zero-order valence-corrected chi connectivity index (χ0v) is 18.2. The van der Waals surface area contributed by atoms with Crippen molar-refractivity contribution in [1.82, 2.24) is 10.2 Å². The molecule has 4 nitrogen and oxygen atoms in total. The van der Waals surface area contributed by atoms with E-state index in [4.69, 9.17) is 5.11 Å². The molecule has 0 aliphatic heterocycles. The lowest BCUT2D eigenvalue weighted by molar-refractivity contribution is -0.131. The van der Waals surface area contributed by atoms with Crippen LogP contribution in [0.4, 0.5) is 4.39 Å². The third-order valence-electron chi connectivity index (χ3n) is 6.10. The summed E-state index contributed by atoms with van der Waals surface area (Å²) in [5.74, 6) is -0.979. The average molecular weight is 439 g/mol. The van der Waals surface area contributed by atoms with Crippen LogP contribution in [-0.2, 0) is 4.79 Å². The molecular weight excluding hydrogens is 415 g/mol. The van der Waals surface area contributed by atoms with Gasteiger partial charge in [-0.05, 0) is 82.9 Å². The standard InChI is InChI=1S/C28H23FN2O2/c1-17-4-2-3-5-22(17)27(20-11-12-20)26(19-9-6-18(7-10-19)8-15-25(32)33)21-13-14-24-23(16-21)28(29)31-30-24/h2-10,13-16,20H,11-12H2,1H3,(H,30,31)(H,32,33). The van der Waals surface area contributed by atoms with Gasteiger partial charge in [0.05, 0.1) is 10.9 Å². The second-order valence-electron chi connectivity index (χ2n) is 8.44. The predicted molar refractivity (Wildman–Crippen MR) is 129 cm³/mol. The Kier molecular flexibility index (Phi) is 5.38. The van der Waals surface area contributed by atoms with E-state index in [-0.39, 0.29) is 0 Å². The number of nitrogens with one attached hydrogen (secondary N) is 1. The molecule has 0 amide bonds. The fourth-order valence-electron chi connectivity index (χ4n) is 4.35. The second-order valence-corrected chi connectivity index (χ2v) is 8.44. The van der Waals surface area contributed by atoms with Crippen molar-refractivity contribution in [2.75, 3.05) is 0 Å². The molecule has 33 heavy (non-hydrogen) atoms. The van der Waals surface area contributed by atoms with Gasteiger partial charge < -0.3 is 5.11 Å². The highest BCUT2D eigenvalue weighted by molar-refractivity contribution is 6.02. The highest BCUT2D eigenvalue weighted by Crippen LogP contribution is 2.48. The predicted octanol–water partition coefficient (Wildman–Crippen LogP) is 6.48. The lowest BCUT2D eigenvalue weighted by Gasteiger charge is -2.19. The highest BCUT2D eigenvalue weighted by atomic mass is 19.1. The maximum Gasteiger partial charge on any atom is 0.328 e. The average Bonchev–Trinajstić information content (AvgIpc) is 3.59. The number of benzene rings is 3. The number of aryl methyl sites for hydroxylation is 1. The van der Waals surface area contributed by atoms with E-state index in [2.05, 4.69) is 35.3 Å². The number of allylic oxidation sites excluding steroid dienone is 1. The summed E-state index contributed by atoms with van der Waals surface area (Å²) < 4.78 is 14.4. The number of carboxylic acid groups (broad SMARTS) is 1. The Hall–Kier alpha value is -3.99. The van der Waals surface area contributed by atoms with E-state index >= 15 is 0 Å². The first kappa shape index (κ1) is 20.9. The Morgan fingerprint density at radius 2 is 1.79 bits per heavy atom. The van der Waals surface area contributed by atoms with Gasteiger partial charge in [-0.15, -0.1) is 0 Å². The van der Waals surface area contributed by atoms with Crippen molar-refractivity contribution in [3.05, 3.63) is 107 Å². The van der Waals surface area contributed by atoms with Gasteiger partial charge in [0.25, 0.3) is 0 Å². The molecule has 0 unspecified atom stereocenters. The maximum absolute atomic E-state index is 14.4. The third kappa shape index (κ3) is 4.22. The van der Waals surface area contributed by atoms with Crippen LogP contribution in [0.3, 0.4) is 0 Å². The van der Waals surface area contributed by atoms with E-state index in [1.807, 2.05) is 48.5 Å². The molecule has 1 aliphatic rings. The molecule has 164 valence electrons. The summed E-state index contributed by atoms with van der Waals surface area (Å²) in [5, 5.41) is 15.8. The zero-order valence-electron chi connectivity index (χ0n) is 18.2. The summed E-state index contributed by atoms with van der Waals surface area (Å²) >= 11 is 0. The number of fused-ring (bicyclic) bond motifs is 1. The SMILES string of the molecule is Cc1ccccc1C(=C(c1ccc(C=CC(=O)O)cc1)c1ccc2n[nH]c(F)c2c1)C1CC1. The van der Waals surface area contributed by atoms with Crippen LogP contribution in [0.5, 0.6) is 0 Å². The van der Waals surface area contributed by atoms with Crippen molar-refractivity contribution in [2.24, 2.45) is 5.92 Å². The number of rotatable bonds is 6. The Labute approximate surface area is 191 Å². The van der Waals surface area contributed by atoms with Crippen LogP contribution in [0.1, 0.15) is 40.7 Å². The van der Waals surface area contributed by atoms with Gasteiger partial charge in [-0.25, -0.2) is 4.79 Å². The van der Waals surface area contributed by atoms with Gasteiger partial charge in [0.1, 0.15) is 0 Å². The molecule has 0 atom stereocenters. The van der Waals surface area contributed by atoms with Gasteiger partial charge in [0.2, 0.25) is 5.95 Å². The van der Waals surface area contributed by atoms with E-state index < -0.39 is 11.9 Å². The lowest BCUT2D eigenvalue weighted by atomic mass is 9.85. The molecule has 5 heteroatoms. The van der Waals surface area contributed by atoms with E-state index in [0.717, 1.165) is 41.2 Å². The summed E-state index contributed by atoms with van der Waals surface area (Å²) in [7, 11) is 0. The van der Waals surface area contributed by atoms with Crippen LogP contribution in [0.25, 0.3) is 28.1 Å². The number of carboxylic acids is 1. The Morgan fingerprint density at radius 3 is 2.48 bits per heavy atom. The number of carbonyl (C=O) groups is 1. The molecule has 1 aliphatic carbocycles. The number of halogens is 1. The van der Waals surface area contributed by atoms with Crippen molar-refractivity contribution in [3.8, 4) is 0 Å². The van der Waals surface area contributed by atoms with Gasteiger partial charge >= 0.3 is 5.97 Å². The first-order valence-corrected chi connectivity index (χ1v) is 11.0. The molecule has 1 saturated carbocycles. The minimum Gasteiger partial charge on any atom is -0.478 e. The molecule has 0 bridgehead atoms. The molecule has 2 N–H and O–H groups in total. The monoisotopic (exact) mass is 438 g/mol. The third-order valence-corrected chi connectivity index (χ3v) is 6.10. The van der Waals surface area contributed by atoms with Crippen molar-refractivity contribution in [1.29, 1.82) is 0 Å². The molecule has 0 saturated heterocycles. The lowest BCUT2D eigenvalue weighted by Crippen LogP contribution is -1.99. The zero-order chi connectivity index (χ0) is 22.9. The molecule has 1 aromatic heterocycles. The quantitative estimate of drug-likeness (QED) is 0.268. The Bertz CT molecular complexity index is 1410. The minimum atomic E-state index is -0.981. The van der Waals surface area contributed by atoms with Crippen LogP contribution in [0, 0.1) is 18.8 Å². The fourth-order valence-corrected chi connectivity index (χ4v) is 4.35. The number of H-pyrrole nitrogens is 1. The fraction of sp³-hybridized carbons (Fsp3) is 0.143. The van der Waals surface area contributed by atoms with Crippen molar-refractivity contribution in [3.63, 3.8) is 0 Å². The number of hydrogen-bond acceptors (Lipinski definition) is 2. The van der Waals surface area contributed by atoms with Gasteiger partial charge in [0, 0.05) is 6.08 Å². The molecule has 1 fully saturated rings. The number of hydrogen-bond donors (Lipinski definition) is 2. The van der Waals surface area contributed by atoms with E-state index in [0.29, 0.717) is 16.8 Å². The van der Waals surface area contributed by atoms with Crippen molar-refractivity contribution >= 4 is 34.1 Å². The maximum atomic E-state index is 14.4. The van der Waals surface area contributed by atoms with Crippen molar-refractivity contribution in [2.45, 2.75) is 19.8 Å². The summed E-state index contributed by atoms with van der Waals surface area (Å²) in [6.07, 6.45) is 4.94. The number of aromatic nitrogens is 2. The summed E-state index contributed by atoms with van der Waals surface area (Å²) in [5.41, 5.74) is 8.09. The first-order chi connectivity index (χ1) is 16.0. The summed E-state index contributed by atoms with van der Waals surface area (Å²) in [6, 6.07) is 21.9. The first-order valence-electron chi connectivity index (χ1n) is 11.0. The Balaban J connectivity index is 1.74. The number of aromatic amines is 1. The van der Waals surface area contributed by atoms with Crippen LogP contribution in [0.2, 0.25) is 0 Å². The Morgan fingerprint density at radius 1 is 1.06 bits per heavy atom. The molecule has 5 rings (SSSR count). The minimum absolute atomic E-state index is 0.441. The molecule has 0 spiro atoms. The second kappa shape index (κ2) is 8.51. The largest absolute Gasteiger partial charge is 0.478 e. The van der Waals surface area contributed by atoms with Crippen LogP contribution < -0.4 is 0 Å². The summed E-state index contributed by atoms with van der Waals surface area (Å²) in [6.45, 7) is 2.12. The molecular formula is C28H23FN2O2. The van der Waals surface area contributed by atoms with Crippen LogP contribution in [0.15, 0.2) is 72.8 Å². The van der Waals surface area contributed by atoms with E-state index in [1.165, 1.54) is 16.7 Å². The molecule has 1 heterocycles. The number of aliphatic carboxylic acids is 1. The normalized spacial score (nSPS) is 14.6. The molecule has 0 radical (unpaired) electrons. The van der Waals surface area contributed by atoms with Gasteiger partial charge in [-0.2, -0.15) is 9.49 Å². The van der Waals surface area contributed by atoms with Gasteiger partial charge in [-0.3, -0.25) is 5.10 Å². The number of nitrogens with zero attached hydrogens (tertiary/aromatic N) is 1. The van der Waals surface area contributed by atoms with Crippen LogP contribution >= 0.6 is 0 Å². The van der Waals surface area contributed by atoms with Gasteiger partial charge in [0.15, 0.2) is 0 Å². The molecule has 4 aromatic rings. The smallest absolute Gasteiger partial charge is 0.328 e. The highest BCUT2D eigenvalue weighted by Gasteiger charge is 2.31. The summed E-state index contributed by atoms with van der Waals surface area (Å²) in [4.78, 5) is 10.9.